The average molecular weight is 666 g/mol. The molecular weight excluding hydrogens is 606 g/mol. The minimum atomic E-state index is -1.31. The Kier molecular flexibility index (Phi) is 13.9. The summed E-state index contributed by atoms with van der Waals surface area (Å²) in [6.45, 7) is 15.5. The molecule has 0 aromatic heterocycles. The first-order valence-corrected chi connectivity index (χ1v) is 17.5. The molecule has 3 heterocycles. The van der Waals surface area contributed by atoms with Gasteiger partial charge in [0.15, 0.2) is 11.9 Å². The van der Waals surface area contributed by atoms with E-state index in [4.69, 9.17) is 24.5 Å². The van der Waals surface area contributed by atoms with E-state index < -0.39 is 72.0 Å². The number of rotatable bonds is 9. The number of ether oxygens (including phenoxy) is 4. The highest BCUT2D eigenvalue weighted by atomic mass is 16.7. The van der Waals surface area contributed by atoms with Crippen molar-refractivity contribution >= 4 is 17.8 Å². The fourth-order valence-corrected chi connectivity index (χ4v) is 8.08. The third-order valence-electron chi connectivity index (χ3n) is 10.8. The normalized spacial score (nSPS) is 40.7. The number of carbonyl (C=O) groups excluding carboxylic acids is 3. The van der Waals surface area contributed by atoms with Crippen molar-refractivity contribution in [1.29, 1.82) is 0 Å². The number of aliphatic hydroxyl groups excluding tert-OH is 1. The molecule has 0 radical (unpaired) electrons. The molecule has 0 saturated carbocycles. The predicted octanol–water partition coefficient (Wildman–Crippen LogP) is 5.33. The fraction of sp³-hybridized carbons (Fsp3) is 0.912. The molecule has 0 aromatic rings. The second kappa shape index (κ2) is 16.8. The second-order valence-corrected chi connectivity index (χ2v) is 14.7. The quantitative estimate of drug-likeness (QED) is 0.113. The summed E-state index contributed by atoms with van der Waals surface area (Å²) in [5.41, 5.74) is 7.32. The summed E-state index contributed by atoms with van der Waals surface area (Å²) in [7, 11) is 4.08. The van der Waals surface area contributed by atoms with Gasteiger partial charge in [0.25, 0.3) is 0 Å². The summed E-state index contributed by atoms with van der Waals surface area (Å²) in [6, 6.07) is -0.432. The Bertz CT molecular complexity index is 1130. The maximum Gasteiger partial charge on any atom is 0.410 e. The van der Waals surface area contributed by atoms with E-state index in [0.29, 0.717) is 45.2 Å². The third-order valence-corrected chi connectivity index (χ3v) is 10.8. The van der Waals surface area contributed by atoms with Crippen LogP contribution in [0.25, 0.3) is 10.4 Å². The predicted molar refractivity (Wildman–Crippen MR) is 176 cm³/mol. The average Bonchev–Trinajstić information content (AvgIpc) is 3.28. The first kappa shape index (κ1) is 39.0. The smallest absolute Gasteiger partial charge is 0.410 e. The van der Waals surface area contributed by atoms with Gasteiger partial charge in [0.1, 0.15) is 11.9 Å². The number of esters is 1. The molecule has 3 aliphatic rings. The number of unbranched alkanes of at least 4 members (excludes halogenated alkanes) is 1. The lowest BCUT2D eigenvalue weighted by Crippen LogP contribution is -2.58. The Hall–Kier alpha value is -2.44. The van der Waals surface area contributed by atoms with Gasteiger partial charge in [-0.3, -0.25) is 9.59 Å². The largest absolute Gasteiger partial charge is 0.458 e. The van der Waals surface area contributed by atoms with Crippen LogP contribution in [0.4, 0.5) is 4.79 Å². The van der Waals surface area contributed by atoms with Crippen LogP contribution in [0.3, 0.4) is 0 Å². The van der Waals surface area contributed by atoms with E-state index in [1.54, 1.807) is 18.7 Å². The van der Waals surface area contributed by atoms with Crippen molar-refractivity contribution in [3.05, 3.63) is 10.4 Å². The van der Waals surface area contributed by atoms with Gasteiger partial charge in [-0.25, -0.2) is 4.79 Å². The molecule has 13 atom stereocenters. The van der Waals surface area contributed by atoms with Crippen LogP contribution in [0.1, 0.15) is 93.9 Å². The molecular formula is C34H59N5O8. The lowest BCUT2D eigenvalue weighted by atomic mass is 9.74. The Morgan fingerprint density at radius 1 is 1.06 bits per heavy atom. The van der Waals surface area contributed by atoms with Gasteiger partial charge < -0.3 is 33.9 Å². The summed E-state index contributed by atoms with van der Waals surface area (Å²) in [5.74, 6) is -3.22. The van der Waals surface area contributed by atoms with Crippen molar-refractivity contribution in [3.63, 3.8) is 0 Å². The van der Waals surface area contributed by atoms with Gasteiger partial charge in [-0.1, -0.05) is 39.7 Å². The van der Waals surface area contributed by atoms with Gasteiger partial charge >= 0.3 is 12.1 Å². The van der Waals surface area contributed by atoms with E-state index >= 15 is 0 Å². The molecule has 3 aliphatic heterocycles. The van der Waals surface area contributed by atoms with Crippen molar-refractivity contribution in [2.75, 3.05) is 27.2 Å². The van der Waals surface area contributed by atoms with E-state index in [-0.39, 0.29) is 23.8 Å². The Labute approximate surface area is 280 Å². The first-order chi connectivity index (χ1) is 22.1. The molecule has 3 fully saturated rings. The summed E-state index contributed by atoms with van der Waals surface area (Å²) in [6.07, 6.45) is -0.0993. The van der Waals surface area contributed by atoms with Crippen molar-refractivity contribution in [3.8, 4) is 0 Å². The Balaban J connectivity index is 1.99. The summed E-state index contributed by atoms with van der Waals surface area (Å²) < 4.78 is 25.0. The van der Waals surface area contributed by atoms with Crippen LogP contribution in [-0.4, -0.2) is 108 Å². The molecule has 268 valence electrons. The number of carbonyl (C=O) groups is 3. The monoisotopic (exact) mass is 665 g/mol. The number of hydrogen-bond acceptors (Lipinski definition) is 10. The number of ketones is 1. The minimum Gasteiger partial charge on any atom is -0.458 e. The second-order valence-electron chi connectivity index (χ2n) is 14.7. The van der Waals surface area contributed by atoms with Gasteiger partial charge in [-0.2, -0.15) is 0 Å². The minimum absolute atomic E-state index is 0.0101. The van der Waals surface area contributed by atoms with Crippen molar-refractivity contribution in [2.45, 2.75) is 142 Å². The van der Waals surface area contributed by atoms with Gasteiger partial charge in [0.05, 0.1) is 30.3 Å². The van der Waals surface area contributed by atoms with Crippen LogP contribution in [0.5, 0.6) is 0 Å². The molecule has 13 nitrogen and oxygen atoms in total. The van der Waals surface area contributed by atoms with Crippen LogP contribution >= 0.6 is 0 Å². The zero-order valence-electron chi connectivity index (χ0n) is 30.1. The number of amides is 1. The molecule has 47 heavy (non-hydrogen) atoms. The van der Waals surface area contributed by atoms with E-state index in [1.807, 2.05) is 55.6 Å². The summed E-state index contributed by atoms with van der Waals surface area (Å²) >= 11 is 0. The Morgan fingerprint density at radius 2 is 1.74 bits per heavy atom. The van der Waals surface area contributed by atoms with Crippen LogP contribution in [0, 0.1) is 29.6 Å². The molecule has 0 aromatic carbocycles. The summed E-state index contributed by atoms with van der Waals surface area (Å²) in [5, 5.41) is 15.2. The number of hydrogen-bond donors (Lipinski definition) is 1. The van der Waals surface area contributed by atoms with Crippen molar-refractivity contribution in [1.82, 2.24) is 9.80 Å². The highest BCUT2D eigenvalue weighted by Gasteiger charge is 2.59. The van der Waals surface area contributed by atoms with Crippen LogP contribution in [0.2, 0.25) is 0 Å². The van der Waals surface area contributed by atoms with E-state index in [9.17, 15) is 19.5 Å². The lowest BCUT2D eigenvalue weighted by Gasteiger charge is -2.43. The van der Waals surface area contributed by atoms with E-state index in [1.165, 1.54) is 0 Å². The molecule has 0 bridgehead atoms. The Morgan fingerprint density at radius 3 is 2.36 bits per heavy atom. The van der Waals surface area contributed by atoms with E-state index in [2.05, 4.69) is 14.9 Å². The number of fused-ring (bicyclic) bond motifs is 1. The van der Waals surface area contributed by atoms with Gasteiger partial charge in [0, 0.05) is 48.2 Å². The first-order valence-electron chi connectivity index (χ1n) is 17.5. The van der Waals surface area contributed by atoms with E-state index in [0.717, 1.165) is 6.42 Å². The van der Waals surface area contributed by atoms with Crippen LogP contribution < -0.4 is 0 Å². The number of azide groups is 1. The van der Waals surface area contributed by atoms with Crippen LogP contribution in [-0.2, 0) is 28.5 Å². The lowest BCUT2D eigenvalue weighted by molar-refractivity contribution is -0.243. The molecule has 0 spiro atoms. The van der Waals surface area contributed by atoms with Crippen molar-refractivity contribution < 1.29 is 38.4 Å². The maximum atomic E-state index is 14.3. The highest BCUT2D eigenvalue weighted by Crippen LogP contribution is 2.42. The fourth-order valence-electron chi connectivity index (χ4n) is 8.08. The standard InChI is InChI=1S/C34H59N5O8/c1-11-26-34(8)31(39(33(43)47-34)15-13-12-14-36-37-35)23(6)28(40)19(2)16-20(3)30(22(5)29(41)24(7)32(42)45-26)46-27-18-25(38(9)10)17-21(4)44-27/h19-27,29-31,41H,11-18H2,1-10H3/t19-,20+,21-,22+,23+,24-,25?,26-,27?,29+,30+,31?,34-/m1/s1. The number of nitrogens with zero attached hydrogens (tertiary/aromatic N) is 5. The topological polar surface area (TPSA) is 164 Å². The number of aliphatic hydroxyl groups is 1. The zero-order chi connectivity index (χ0) is 35.2. The third kappa shape index (κ3) is 8.97. The van der Waals surface area contributed by atoms with Gasteiger partial charge in [-0.15, -0.1) is 0 Å². The van der Waals surface area contributed by atoms with Gasteiger partial charge in [-0.05, 0) is 78.4 Å². The molecule has 3 rings (SSSR count). The zero-order valence-corrected chi connectivity index (χ0v) is 30.1. The molecule has 3 saturated heterocycles. The summed E-state index contributed by atoms with van der Waals surface area (Å²) in [4.78, 5) is 47.9. The molecule has 1 N–H and O–H groups in total. The molecule has 13 heteroatoms. The maximum absolute atomic E-state index is 14.3. The SMILES string of the molecule is CC[C@H]1OC(=O)[C@H](C)[C@@H](O)[C@H](C)[C@@H](OC2CC(N(C)C)C[C@@H](C)O2)[C@@H](C)C[C@@H](C)C(=O)[C@H](C)C2N(CCCCN=[N+]=[N-])C(=O)O[C@@]21C. The molecule has 1 amide bonds. The van der Waals surface area contributed by atoms with Crippen LogP contribution in [0.15, 0.2) is 5.11 Å². The van der Waals surface area contributed by atoms with Gasteiger partial charge in [0.2, 0.25) is 0 Å². The van der Waals surface area contributed by atoms with Crippen molar-refractivity contribution in [2.24, 2.45) is 34.7 Å². The molecule has 0 aliphatic carbocycles. The number of cyclic esters (lactones) is 1. The molecule has 3 unspecified atom stereocenters. The highest BCUT2D eigenvalue weighted by molar-refractivity contribution is 5.85. The number of Topliss-reactive ketones (excluding diaryl/α,β-unsaturated/α-hetero) is 1.